The number of hydrogen-bond acceptors (Lipinski definition) is 6. The number of rotatable bonds is 6. The molecule has 1 unspecified atom stereocenters. The molecule has 4 atom stereocenters. The minimum Gasteiger partial charge on any atom is -0.497 e. The van der Waals surface area contributed by atoms with Gasteiger partial charge in [0.05, 0.1) is 25.2 Å². The molecule has 1 aliphatic carbocycles. The highest BCUT2D eigenvalue weighted by Crippen LogP contribution is 2.44. The number of thioether (sulfide) groups is 1. The lowest BCUT2D eigenvalue weighted by Crippen LogP contribution is -2.32. The molecule has 2 fully saturated rings. The van der Waals surface area contributed by atoms with Crippen molar-refractivity contribution < 1.29 is 14.2 Å². The average molecular weight is 566 g/mol. The van der Waals surface area contributed by atoms with Crippen molar-refractivity contribution >= 4 is 22.8 Å². The van der Waals surface area contributed by atoms with Crippen molar-refractivity contribution in [1.82, 2.24) is 14.5 Å². The monoisotopic (exact) mass is 565 g/mol. The molecule has 0 N–H and O–H groups in total. The zero-order valence-electron chi connectivity index (χ0n) is 23.4. The first-order valence-electron chi connectivity index (χ1n) is 14.1. The second-order valence-corrected chi connectivity index (χ2v) is 11.5. The minimum absolute atomic E-state index is 0.178. The van der Waals surface area contributed by atoms with Crippen molar-refractivity contribution in [3.05, 3.63) is 120 Å². The molecule has 0 spiro atoms. The number of fused-ring (bicyclic) bond motifs is 2. The lowest BCUT2D eigenvalue weighted by atomic mass is 10.1. The van der Waals surface area contributed by atoms with Crippen molar-refractivity contribution in [2.24, 2.45) is 5.92 Å². The predicted octanol–water partition coefficient (Wildman–Crippen LogP) is 7.79. The summed E-state index contributed by atoms with van der Waals surface area (Å²) in [5, 5.41) is 2.15. The Kier molecular flexibility index (Phi) is 8.65. The van der Waals surface area contributed by atoms with Crippen LogP contribution in [0.2, 0.25) is 0 Å². The van der Waals surface area contributed by atoms with E-state index in [9.17, 15) is 0 Å². The SMILES string of the molecule is COc1ccc(C2OC[C@@H]3C[C@@H](n4ccc5c(SCc6ccccc6)ncnc54)C[C@@H]3O2)cc1.Cc1ccccc1. The van der Waals surface area contributed by atoms with Crippen molar-refractivity contribution in [3.8, 4) is 5.75 Å². The van der Waals surface area contributed by atoms with E-state index < -0.39 is 0 Å². The number of aromatic nitrogens is 3. The Morgan fingerprint density at radius 1 is 0.902 bits per heavy atom. The van der Waals surface area contributed by atoms with Crippen LogP contribution in [0.4, 0.5) is 0 Å². The zero-order valence-corrected chi connectivity index (χ0v) is 24.2. The lowest BCUT2D eigenvalue weighted by molar-refractivity contribution is -0.233. The number of hydrogen-bond donors (Lipinski definition) is 0. The van der Waals surface area contributed by atoms with Gasteiger partial charge in [-0.25, -0.2) is 9.97 Å². The van der Waals surface area contributed by atoms with Crippen LogP contribution in [0.5, 0.6) is 5.75 Å². The third kappa shape index (κ3) is 6.48. The summed E-state index contributed by atoms with van der Waals surface area (Å²) in [6.07, 6.45) is 5.69. The largest absolute Gasteiger partial charge is 0.497 e. The van der Waals surface area contributed by atoms with Crippen LogP contribution in [0.15, 0.2) is 109 Å². The summed E-state index contributed by atoms with van der Waals surface area (Å²) in [7, 11) is 1.67. The van der Waals surface area contributed by atoms with Crippen LogP contribution in [0.1, 0.15) is 41.9 Å². The Hall–Kier alpha value is -3.65. The fraction of sp³-hybridized carbons (Fsp3) is 0.294. The molecule has 7 rings (SSSR count). The van der Waals surface area contributed by atoms with E-state index in [2.05, 4.69) is 70.1 Å². The molecule has 210 valence electrons. The van der Waals surface area contributed by atoms with Crippen molar-refractivity contribution in [2.75, 3.05) is 13.7 Å². The molecule has 3 heterocycles. The molecule has 2 aliphatic rings. The lowest BCUT2D eigenvalue weighted by Gasteiger charge is -2.32. The maximum atomic E-state index is 6.41. The first kappa shape index (κ1) is 27.5. The Morgan fingerprint density at radius 3 is 2.37 bits per heavy atom. The Labute approximate surface area is 245 Å². The van der Waals surface area contributed by atoms with Gasteiger partial charge in [-0.2, -0.15) is 0 Å². The topological polar surface area (TPSA) is 58.4 Å². The third-order valence-corrected chi connectivity index (χ3v) is 8.85. The van der Waals surface area contributed by atoms with Gasteiger partial charge in [-0.3, -0.25) is 0 Å². The molecule has 1 saturated carbocycles. The minimum atomic E-state index is -0.323. The molecule has 1 saturated heterocycles. The summed E-state index contributed by atoms with van der Waals surface area (Å²) in [6, 6.07) is 31.2. The summed E-state index contributed by atoms with van der Waals surface area (Å²) >= 11 is 1.76. The van der Waals surface area contributed by atoms with Crippen LogP contribution in [-0.2, 0) is 15.2 Å². The van der Waals surface area contributed by atoms with Gasteiger partial charge in [0, 0.05) is 29.5 Å². The van der Waals surface area contributed by atoms with Gasteiger partial charge in [-0.15, -0.1) is 11.8 Å². The first-order valence-corrected chi connectivity index (χ1v) is 15.1. The molecule has 3 aromatic carbocycles. The van der Waals surface area contributed by atoms with E-state index in [0.717, 1.165) is 46.0 Å². The Balaban J connectivity index is 0.000000380. The van der Waals surface area contributed by atoms with Crippen molar-refractivity contribution in [1.29, 1.82) is 0 Å². The normalized spacial score (nSPS) is 21.6. The van der Waals surface area contributed by atoms with Gasteiger partial charge in [0.25, 0.3) is 0 Å². The highest BCUT2D eigenvalue weighted by molar-refractivity contribution is 7.98. The standard InChI is InChI=1S/C27H27N3O3S.C7H8/c1-31-22-9-7-19(8-10-22)27-32-15-20-13-21(14-24(20)33-27)30-12-11-23-25(30)28-17-29-26(23)34-16-18-5-3-2-4-6-18;1-7-5-3-2-4-6-7/h2-12,17,20-21,24,27H,13-16H2,1H3;2-6H,1H3/t20-,21+,24-,27?;/m0./s1. The van der Waals surface area contributed by atoms with Gasteiger partial charge in [0.1, 0.15) is 22.7 Å². The van der Waals surface area contributed by atoms with Gasteiger partial charge in [0.2, 0.25) is 0 Å². The van der Waals surface area contributed by atoms with E-state index in [4.69, 9.17) is 14.2 Å². The van der Waals surface area contributed by atoms with Gasteiger partial charge >= 0.3 is 0 Å². The molecular formula is C34H35N3O3S. The summed E-state index contributed by atoms with van der Waals surface area (Å²) in [5.41, 5.74) is 4.65. The molecule has 0 bridgehead atoms. The van der Waals surface area contributed by atoms with E-state index >= 15 is 0 Å². The maximum Gasteiger partial charge on any atom is 0.184 e. The molecule has 7 heteroatoms. The first-order chi connectivity index (χ1) is 20.2. The smallest absolute Gasteiger partial charge is 0.184 e. The molecule has 2 aromatic heterocycles. The van der Waals surface area contributed by atoms with Crippen LogP contribution >= 0.6 is 11.8 Å². The summed E-state index contributed by atoms with van der Waals surface area (Å²) < 4.78 is 20.1. The number of benzene rings is 3. The third-order valence-electron chi connectivity index (χ3n) is 7.78. The van der Waals surface area contributed by atoms with Crippen LogP contribution in [-0.4, -0.2) is 34.4 Å². The molecule has 41 heavy (non-hydrogen) atoms. The fourth-order valence-electron chi connectivity index (χ4n) is 5.59. The van der Waals surface area contributed by atoms with Gasteiger partial charge in [0.15, 0.2) is 6.29 Å². The Morgan fingerprint density at radius 2 is 1.66 bits per heavy atom. The number of aryl methyl sites for hydroxylation is 1. The van der Waals surface area contributed by atoms with Gasteiger partial charge < -0.3 is 18.8 Å². The van der Waals surface area contributed by atoms with Crippen LogP contribution in [0.25, 0.3) is 11.0 Å². The summed E-state index contributed by atoms with van der Waals surface area (Å²) in [5.74, 6) is 2.12. The molecular weight excluding hydrogens is 530 g/mol. The molecule has 6 nitrogen and oxygen atoms in total. The quantitative estimate of drug-likeness (QED) is 0.155. The van der Waals surface area contributed by atoms with Crippen LogP contribution < -0.4 is 4.74 Å². The van der Waals surface area contributed by atoms with E-state index in [0.29, 0.717) is 18.6 Å². The molecule has 1 aliphatic heterocycles. The van der Waals surface area contributed by atoms with E-state index in [1.165, 1.54) is 11.1 Å². The predicted molar refractivity (Wildman–Crippen MR) is 163 cm³/mol. The molecule has 5 aromatic rings. The van der Waals surface area contributed by atoms with Crippen molar-refractivity contribution in [2.45, 2.75) is 49.0 Å². The Bertz CT molecular complexity index is 1540. The summed E-state index contributed by atoms with van der Waals surface area (Å²) in [4.78, 5) is 9.23. The van der Waals surface area contributed by atoms with E-state index in [-0.39, 0.29) is 12.4 Å². The van der Waals surface area contributed by atoms with Crippen LogP contribution in [0, 0.1) is 12.8 Å². The zero-order chi connectivity index (χ0) is 28.0. The highest BCUT2D eigenvalue weighted by Gasteiger charge is 2.41. The molecule has 0 radical (unpaired) electrons. The van der Waals surface area contributed by atoms with Crippen LogP contribution in [0.3, 0.4) is 0 Å². The maximum absolute atomic E-state index is 6.41. The van der Waals surface area contributed by atoms with Crippen molar-refractivity contribution in [3.63, 3.8) is 0 Å². The van der Waals surface area contributed by atoms with E-state index in [1.54, 1.807) is 25.2 Å². The summed E-state index contributed by atoms with van der Waals surface area (Å²) in [6.45, 7) is 2.80. The molecule has 0 amide bonds. The van der Waals surface area contributed by atoms with Gasteiger partial charge in [-0.1, -0.05) is 78.4 Å². The second kappa shape index (κ2) is 12.9. The van der Waals surface area contributed by atoms with E-state index in [1.807, 2.05) is 48.5 Å². The number of nitrogens with zero attached hydrogens (tertiary/aromatic N) is 3. The average Bonchev–Trinajstić information content (AvgIpc) is 3.65. The number of ether oxygens (including phenoxy) is 3. The highest BCUT2D eigenvalue weighted by atomic mass is 32.2. The number of methoxy groups -OCH3 is 1. The van der Waals surface area contributed by atoms with Gasteiger partial charge in [-0.05, 0) is 43.5 Å². The fourth-order valence-corrected chi connectivity index (χ4v) is 6.52. The second-order valence-electron chi connectivity index (χ2n) is 10.6.